The number of ether oxygens (including phenoxy) is 2. The SMILES string of the molecule is Cc1ccc(OCC(O)CNC2CCN(CC(O)COc3ccc(C)cc3)CC2)cc1. The number of rotatable bonds is 11. The van der Waals surface area contributed by atoms with E-state index in [1.54, 1.807) is 0 Å². The minimum Gasteiger partial charge on any atom is -0.491 e. The minimum atomic E-state index is -0.542. The van der Waals surface area contributed by atoms with Crippen LogP contribution in [-0.4, -0.2) is 72.8 Å². The first-order valence-electron chi connectivity index (χ1n) is 11.2. The van der Waals surface area contributed by atoms with Gasteiger partial charge in [-0.05, 0) is 64.0 Å². The van der Waals surface area contributed by atoms with E-state index in [0.717, 1.165) is 37.4 Å². The zero-order chi connectivity index (χ0) is 22.1. The van der Waals surface area contributed by atoms with Crippen LogP contribution in [0.4, 0.5) is 0 Å². The molecule has 1 heterocycles. The highest BCUT2D eigenvalue weighted by Crippen LogP contribution is 2.14. The molecule has 1 aliphatic rings. The van der Waals surface area contributed by atoms with Crippen LogP contribution < -0.4 is 14.8 Å². The fourth-order valence-corrected chi connectivity index (χ4v) is 3.69. The summed E-state index contributed by atoms with van der Waals surface area (Å²) < 4.78 is 11.3. The maximum absolute atomic E-state index is 10.3. The Morgan fingerprint density at radius 1 is 0.839 bits per heavy atom. The quantitative estimate of drug-likeness (QED) is 0.511. The van der Waals surface area contributed by atoms with Crippen LogP contribution in [0.3, 0.4) is 0 Å². The lowest BCUT2D eigenvalue weighted by Gasteiger charge is -2.33. The molecular formula is C25H36N2O4. The molecule has 0 bridgehead atoms. The van der Waals surface area contributed by atoms with E-state index in [4.69, 9.17) is 9.47 Å². The van der Waals surface area contributed by atoms with Crippen LogP contribution in [0.1, 0.15) is 24.0 Å². The molecule has 2 atom stereocenters. The molecule has 0 aliphatic carbocycles. The highest BCUT2D eigenvalue weighted by molar-refractivity contribution is 5.27. The van der Waals surface area contributed by atoms with Gasteiger partial charge in [-0.25, -0.2) is 0 Å². The molecule has 1 aliphatic heterocycles. The highest BCUT2D eigenvalue weighted by atomic mass is 16.5. The zero-order valence-electron chi connectivity index (χ0n) is 18.7. The van der Waals surface area contributed by atoms with Gasteiger partial charge in [0.05, 0.1) is 0 Å². The maximum atomic E-state index is 10.3. The second-order valence-corrected chi connectivity index (χ2v) is 8.54. The van der Waals surface area contributed by atoms with Crippen molar-refractivity contribution in [3.8, 4) is 11.5 Å². The molecule has 1 fully saturated rings. The third-order valence-corrected chi connectivity index (χ3v) is 5.63. The van der Waals surface area contributed by atoms with Crippen molar-refractivity contribution in [2.45, 2.75) is 44.9 Å². The Morgan fingerprint density at radius 3 is 1.84 bits per heavy atom. The number of nitrogens with zero attached hydrogens (tertiary/aromatic N) is 1. The molecule has 0 aromatic heterocycles. The summed E-state index contributed by atoms with van der Waals surface area (Å²) in [7, 11) is 0. The lowest BCUT2D eigenvalue weighted by atomic mass is 10.0. The van der Waals surface area contributed by atoms with Gasteiger partial charge in [0.1, 0.15) is 36.9 Å². The standard InChI is InChI=1S/C25H36N2O4/c1-19-3-7-24(8-4-19)30-17-22(28)15-26-21-11-13-27(14-12-21)16-23(29)18-31-25-9-5-20(2)6-10-25/h3-10,21-23,26,28-29H,11-18H2,1-2H3. The molecule has 0 radical (unpaired) electrons. The van der Waals surface area contributed by atoms with Gasteiger partial charge in [-0.1, -0.05) is 35.4 Å². The van der Waals surface area contributed by atoms with Gasteiger partial charge < -0.3 is 29.9 Å². The Hall–Kier alpha value is -2.12. The van der Waals surface area contributed by atoms with Crippen LogP contribution in [0.2, 0.25) is 0 Å². The van der Waals surface area contributed by atoms with E-state index in [-0.39, 0.29) is 6.61 Å². The first kappa shape index (κ1) is 23.5. The Kier molecular flexibility index (Phi) is 9.15. The molecule has 0 amide bonds. The van der Waals surface area contributed by atoms with Crippen molar-refractivity contribution in [3.05, 3.63) is 59.7 Å². The van der Waals surface area contributed by atoms with Gasteiger partial charge in [-0.2, -0.15) is 0 Å². The first-order chi connectivity index (χ1) is 15.0. The Morgan fingerprint density at radius 2 is 1.32 bits per heavy atom. The third kappa shape index (κ3) is 8.50. The highest BCUT2D eigenvalue weighted by Gasteiger charge is 2.21. The van der Waals surface area contributed by atoms with Crippen molar-refractivity contribution in [1.82, 2.24) is 10.2 Å². The summed E-state index contributed by atoms with van der Waals surface area (Å²) in [6.07, 6.45) is 0.945. The van der Waals surface area contributed by atoms with Crippen LogP contribution in [0.5, 0.6) is 11.5 Å². The summed E-state index contributed by atoms with van der Waals surface area (Å²) in [5, 5.41) is 23.9. The largest absolute Gasteiger partial charge is 0.491 e. The lowest BCUT2D eigenvalue weighted by Crippen LogP contribution is -2.47. The number of likely N-dealkylation sites (tertiary alicyclic amines) is 1. The van der Waals surface area contributed by atoms with Gasteiger partial charge in [0.25, 0.3) is 0 Å². The van der Waals surface area contributed by atoms with E-state index >= 15 is 0 Å². The van der Waals surface area contributed by atoms with Crippen molar-refractivity contribution in [3.63, 3.8) is 0 Å². The summed E-state index contributed by atoms with van der Waals surface area (Å²) in [5.41, 5.74) is 2.38. The molecule has 6 heteroatoms. The molecule has 31 heavy (non-hydrogen) atoms. The normalized spacial score (nSPS) is 17.3. The van der Waals surface area contributed by atoms with Crippen molar-refractivity contribution in [1.29, 1.82) is 0 Å². The van der Waals surface area contributed by atoms with E-state index in [9.17, 15) is 10.2 Å². The summed E-state index contributed by atoms with van der Waals surface area (Å²) in [6, 6.07) is 16.1. The Labute approximate surface area is 185 Å². The smallest absolute Gasteiger partial charge is 0.119 e. The molecule has 3 rings (SSSR count). The summed E-state index contributed by atoms with van der Waals surface area (Å²) in [5.74, 6) is 1.57. The van der Waals surface area contributed by atoms with Gasteiger partial charge in [-0.3, -0.25) is 0 Å². The Bertz CT molecular complexity index is 758. The predicted molar refractivity (Wildman–Crippen MR) is 123 cm³/mol. The molecule has 1 saturated heterocycles. The van der Waals surface area contributed by atoms with E-state index in [1.165, 1.54) is 11.1 Å². The predicted octanol–water partition coefficient (Wildman–Crippen LogP) is 2.54. The molecular weight excluding hydrogens is 392 g/mol. The number of nitrogens with one attached hydrogen (secondary N) is 1. The van der Waals surface area contributed by atoms with Gasteiger partial charge in [0, 0.05) is 19.1 Å². The third-order valence-electron chi connectivity index (χ3n) is 5.63. The van der Waals surface area contributed by atoms with Gasteiger partial charge >= 0.3 is 0 Å². The monoisotopic (exact) mass is 428 g/mol. The van der Waals surface area contributed by atoms with Gasteiger partial charge in [-0.15, -0.1) is 0 Å². The van der Waals surface area contributed by atoms with Crippen LogP contribution >= 0.6 is 0 Å². The fraction of sp³-hybridized carbons (Fsp3) is 0.520. The lowest BCUT2D eigenvalue weighted by molar-refractivity contribution is 0.0556. The van der Waals surface area contributed by atoms with Crippen LogP contribution in [-0.2, 0) is 0 Å². The fourth-order valence-electron chi connectivity index (χ4n) is 3.69. The van der Waals surface area contributed by atoms with E-state index < -0.39 is 12.2 Å². The number of hydrogen-bond donors (Lipinski definition) is 3. The molecule has 6 nitrogen and oxygen atoms in total. The minimum absolute atomic E-state index is 0.280. The maximum Gasteiger partial charge on any atom is 0.119 e. The van der Waals surface area contributed by atoms with E-state index in [0.29, 0.717) is 25.7 Å². The van der Waals surface area contributed by atoms with Crippen molar-refractivity contribution < 1.29 is 19.7 Å². The van der Waals surface area contributed by atoms with Crippen molar-refractivity contribution in [2.75, 3.05) is 39.4 Å². The topological polar surface area (TPSA) is 74.2 Å². The average molecular weight is 429 g/mol. The number of β-amino-alcohol motifs (C(OH)–C–C–N with tert-alkyl or cyclic N) is 1. The number of piperidine rings is 1. The summed E-state index contributed by atoms with van der Waals surface area (Å²) in [4.78, 5) is 2.28. The number of aliphatic hydroxyl groups excluding tert-OH is 2. The molecule has 170 valence electrons. The molecule has 2 aromatic rings. The van der Waals surface area contributed by atoms with Gasteiger partial charge in [0.2, 0.25) is 0 Å². The van der Waals surface area contributed by atoms with E-state index in [2.05, 4.69) is 10.2 Å². The van der Waals surface area contributed by atoms with Gasteiger partial charge in [0.15, 0.2) is 0 Å². The summed E-state index contributed by atoms with van der Waals surface area (Å²) >= 11 is 0. The number of hydrogen-bond acceptors (Lipinski definition) is 6. The van der Waals surface area contributed by atoms with Crippen molar-refractivity contribution in [2.24, 2.45) is 0 Å². The zero-order valence-corrected chi connectivity index (χ0v) is 18.7. The Balaban J connectivity index is 1.26. The molecule has 2 aromatic carbocycles. The molecule has 0 spiro atoms. The molecule has 0 saturated carbocycles. The first-order valence-corrected chi connectivity index (χ1v) is 11.2. The second kappa shape index (κ2) is 12.1. The summed E-state index contributed by atoms with van der Waals surface area (Å²) in [6.45, 7) is 7.64. The second-order valence-electron chi connectivity index (χ2n) is 8.54. The van der Waals surface area contributed by atoms with E-state index in [1.807, 2.05) is 62.4 Å². The number of aryl methyl sites for hydroxylation is 2. The number of aliphatic hydroxyl groups is 2. The van der Waals surface area contributed by atoms with Crippen LogP contribution in [0.15, 0.2) is 48.5 Å². The molecule has 3 N–H and O–H groups in total. The van der Waals surface area contributed by atoms with Crippen LogP contribution in [0.25, 0.3) is 0 Å². The molecule has 2 unspecified atom stereocenters. The average Bonchev–Trinajstić information content (AvgIpc) is 2.78. The van der Waals surface area contributed by atoms with Crippen LogP contribution in [0, 0.1) is 13.8 Å². The van der Waals surface area contributed by atoms with Crippen molar-refractivity contribution >= 4 is 0 Å². The number of benzene rings is 2.